The summed E-state index contributed by atoms with van der Waals surface area (Å²) in [5.41, 5.74) is 0.861. The van der Waals surface area contributed by atoms with Gasteiger partial charge in [0, 0.05) is 30.0 Å². The number of carboxylic acid groups (broad SMARTS) is 1. The summed E-state index contributed by atoms with van der Waals surface area (Å²) in [7, 11) is 0. The number of carboxylic acids is 1. The number of benzene rings is 1. The molecular weight excluding hydrogens is 326 g/mol. The van der Waals surface area contributed by atoms with Gasteiger partial charge in [-0.2, -0.15) is 0 Å². The Bertz CT molecular complexity index is 826. The first-order valence-corrected chi connectivity index (χ1v) is 8.11. The van der Waals surface area contributed by atoms with Crippen molar-refractivity contribution in [3.63, 3.8) is 0 Å². The van der Waals surface area contributed by atoms with Crippen LogP contribution in [0.2, 0.25) is 0 Å². The molecule has 1 amide bonds. The maximum atomic E-state index is 11.9. The Morgan fingerprint density at radius 1 is 1.32 bits per heavy atom. The third kappa shape index (κ3) is 5.07. The number of ether oxygens (including phenoxy) is 1. The van der Waals surface area contributed by atoms with Crippen LogP contribution < -0.4 is 20.8 Å². The second-order valence-electron chi connectivity index (χ2n) is 5.63. The molecule has 1 aromatic carbocycles. The van der Waals surface area contributed by atoms with Crippen molar-refractivity contribution in [2.75, 3.05) is 6.54 Å². The summed E-state index contributed by atoms with van der Waals surface area (Å²) in [5, 5.41) is 13.7. The van der Waals surface area contributed by atoms with E-state index in [1.165, 1.54) is 6.07 Å². The van der Waals surface area contributed by atoms with E-state index < -0.39 is 17.7 Å². The van der Waals surface area contributed by atoms with Gasteiger partial charge in [-0.3, -0.25) is 4.79 Å². The van der Waals surface area contributed by atoms with Gasteiger partial charge in [-0.15, -0.1) is 0 Å². The molecule has 2 rings (SSSR count). The Balaban J connectivity index is 2.03. The van der Waals surface area contributed by atoms with Crippen molar-refractivity contribution >= 4 is 22.8 Å². The van der Waals surface area contributed by atoms with Crippen LogP contribution in [0.5, 0.6) is 5.75 Å². The van der Waals surface area contributed by atoms with Crippen LogP contribution in [-0.4, -0.2) is 24.5 Å². The van der Waals surface area contributed by atoms with Crippen LogP contribution in [0.25, 0.3) is 11.0 Å². The molecule has 1 heterocycles. The van der Waals surface area contributed by atoms with E-state index in [9.17, 15) is 19.5 Å². The lowest BCUT2D eigenvalue weighted by molar-refractivity contribution is -0.305. The van der Waals surface area contributed by atoms with E-state index in [0.29, 0.717) is 24.2 Å². The van der Waals surface area contributed by atoms with Crippen molar-refractivity contribution in [3.05, 3.63) is 40.2 Å². The summed E-state index contributed by atoms with van der Waals surface area (Å²) < 4.78 is 10.8. The normalized spacial score (nSPS) is 11.9. The van der Waals surface area contributed by atoms with Gasteiger partial charge in [0.2, 0.25) is 0 Å². The maximum Gasteiger partial charge on any atom is 0.336 e. The number of hydrogen-bond acceptors (Lipinski definition) is 6. The molecule has 7 nitrogen and oxygen atoms in total. The number of aliphatic carboxylic acids is 1. The van der Waals surface area contributed by atoms with Gasteiger partial charge >= 0.3 is 5.63 Å². The maximum absolute atomic E-state index is 11.9. The largest absolute Gasteiger partial charge is 0.550 e. The standard InChI is InChI=1S/C18H21NO6/c1-3-12-9-17(22)25-15-10-13(6-7-14(12)15)24-11(2)18(23)19-8-4-5-16(20)21/h6-7,9-11H,3-5,8H2,1-2H3,(H,19,23)(H,20,21)/p-1/t11-/m1/s1. The highest BCUT2D eigenvalue weighted by Crippen LogP contribution is 2.23. The highest BCUT2D eigenvalue weighted by molar-refractivity contribution is 5.83. The molecular formula is C18H20NO6-. The Hall–Kier alpha value is -2.83. The fourth-order valence-electron chi connectivity index (χ4n) is 2.42. The summed E-state index contributed by atoms with van der Waals surface area (Å²) >= 11 is 0. The number of aryl methyl sites for hydroxylation is 1. The topological polar surface area (TPSA) is 109 Å². The minimum atomic E-state index is -1.15. The zero-order chi connectivity index (χ0) is 18.4. The van der Waals surface area contributed by atoms with Gasteiger partial charge in [0.1, 0.15) is 11.3 Å². The summed E-state index contributed by atoms with van der Waals surface area (Å²) in [6.45, 7) is 3.76. The van der Waals surface area contributed by atoms with Gasteiger partial charge in [0.05, 0.1) is 0 Å². The third-order valence-corrected chi connectivity index (χ3v) is 3.72. The van der Waals surface area contributed by atoms with E-state index in [4.69, 9.17) is 9.15 Å². The molecule has 0 saturated carbocycles. The Labute approximate surface area is 144 Å². The molecule has 25 heavy (non-hydrogen) atoms. The minimum absolute atomic E-state index is 0.112. The van der Waals surface area contributed by atoms with Crippen LogP contribution in [0.1, 0.15) is 32.3 Å². The van der Waals surface area contributed by atoms with Crippen molar-refractivity contribution in [2.24, 2.45) is 0 Å². The number of rotatable bonds is 8. The quantitative estimate of drug-likeness (QED) is 0.558. The second kappa shape index (κ2) is 8.32. The lowest BCUT2D eigenvalue weighted by Gasteiger charge is -2.15. The summed E-state index contributed by atoms with van der Waals surface area (Å²) in [4.78, 5) is 33.8. The predicted molar refractivity (Wildman–Crippen MR) is 89.2 cm³/mol. The number of hydrogen-bond donors (Lipinski definition) is 1. The Morgan fingerprint density at radius 2 is 2.08 bits per heavy atom. The molecule has 0 bridgehead atoms. The second-order valence-corrected chi connectivity index (χ2v) is 5.63. The molecule has 134 valence electrons. The van der Waals surface area contributed by atoms with Gasteiger partial charge < -0.3 is 24.4 Å². The zero-order valence-corrected chi connectivity index (χ0v) is 14.2. The van der Waals surface area contributed by atoms with E-state index in [1.54, 1.807) is 25.1 Å². The van der Waals surface area contributed by atoms with Crippen molar-refractivity contribution in [1.82, 2.24) is 5.32 Å². The smallest absolute Gasteiger partial charge is 0.336 e. The van der Waals surface area contributed by atoms with Crippen molar-refractivity contribution in [2.45, 2.75) is 39.2 Å². The number of nitrogens with one attached hydrogen (secondary N) is 1. The molecule has 0 radical (unpaired) electrons. The SMILES string of the molecule is CCc1cc(=O)oc2cc(O[C@H](C)C(=O)NCCCC(=O)[O-])ccc12. The average Bonchev–Trinajstić information content (AvgIpc) is 2.57. The zero-order valence-electron chi connectivity index (χ0n) is 14.2. The van der Waals surface area contributed by atoms with Crippen LogP contribution >= 0.6 is 0 Å². The number of amides is 1. The third-order valence-electron chi connectivity index (χ3n) is 3.72. The van der Waals surface area contributed by atoms with Crippen LogP contribution in [0.4, 0.5) is 0 Å². The van der Waals surface area contributed by atoms with E-state index in [-0.39, 0.29) is 18.9 Å². The molecule has 2 aromatic rings. The van der Waals surface area contributed by atoms with E-state index in [2.05, 4.69) is 5.32 Å². The van der Waals surface area contributed by atoms with Crippen LogP contribution in [-0.2, 0) is 16.0 Å². The first-order chi connectivity index (χ1) is 11.9. The molecule has 0 unspecified atom stereocenters. The number of carbonyl (C=O) groups excluding carboxylic acids is 2. The molecule has 0 fully saturated rings. The van der Waals surface area contributed by atoms with Gasteiger partial charge in [-0.25, -0.2) is 4.79 Å². The van der Waals surface area contributed by atoms with Gasteiger partial charge in [0.25, 0.3) is 5.91 Å². The van der Waals surface area contributed by atoms with E-state index in [0.717, 1.165) is 10.9 Å². The first kappa shape index (κ1) is 18.5. The first-order valence-electron chi connectivity index (χ1n) is 8.11. The van der Waals surface area contributed by atoms with Crippen molar-refractivity contribution in [1.29, 1.82) is 0 Å². The number of fused-ring (bicyclic) bond motifs is 1. The Morgan fingerprint density at radius 3 is 2.76 bits per heavy atom. The summed E-state index contributed by atoms with van der Waals surface area (Å²) in [6, 6.07) is 6.54. The molecule has 1 N–H and O–H groups in total. The van der Waals surface area contributed by atoms with E-state index in [1.807, 2.05) is 6.92 Å². The van der Waals surface area contributed by atoms with Gasteiger partial charge in [-0.05, 0) is 43.9 Å². The highest BCUT2D eigenvalue weighted by Gasteiger charge is 2.15. The molecule has 1 atom stereocenters. The van der Waals surface area contributed by atoms with E-state index >= 15 is 0 Å². The van der Waals surface area contributed by atoms with Gasteiger partial charge in [-0.1, -0.05) is 6.92 Å². The molecule has 0 spiro atoms. The molecule has 0 aliphatic carbocycles. The van der Waals surface area contributed by atoms with Crippen molar-refractivity contribution < 1.29 is 23.8 Å². The Kier molecular flexibility index (Phi) is 6.16. The molecule has 0 aliphatic rings. The monoisotopic (exact) mass is 346 g/mol. The van der Waals surface area contributed by atoms with Crippen LogP contribution in [0, 0.1) is 0 Å². The average molecular weight is 346 g/mol. The summed E-state index contributed by atoms with van der Waals surface area (Å²) in [6.07, 6.45) is 0.106. The molecule has 0 aliphatic heterocycles. The molecule has 0 saturated heterocycles. The minimum Gasteiger partial charge on any atom is -0.550 e. The van der Waals surface area contributed by atoms with Gasteiger partial charge in [0.15, 0.2) is 6.10 Å². The molecule has 1 aromatic heterocycles. The fraction of sp³-hybridized carbons (Fsp3) is 0.389. The van der Waals surface area contributed by atoms with Crippen LogP contribution in [0.3, 0.4) is 0 Å². The summed E-state index contributed by atoms with van der Waals surface area (Å²) in [5.74, 6) is -1.11. The van der Waals surface area contributed by atoms with Crippen molar-refractivity contribution in [3.8, 4) is 5.75 Å². The number of carbonyl (C=O) groups is 2. The van der Waals surface area contributed by atoms with Crippen LogP contribution in [0.15, 0.2) is 33.5 Å². The molecule has 7 heteroatoms. The fourth-order valence-corrected chi connectivity index (χ4v) is 2.42. The lowest BCUT2D eigenvalue weighted by atomic mass is 10.1. The lowest BCUT2D eigenvalue weighted by Crippen LogP contribution is -2.37. The predicted octanol–water partition coefficient (Wildman–Crippen LogP) is 0.769. The highest BCUT2D eigenvalue weighted by atomic mass is 16.5.